The molecule has 0 unspecified atom stereocenters. The number of benzene rings is 2. The molecule has 5 heteroatoms. The molecule has 0 spiro atoms. The maximum atomic E-state index is 13.4. The van der Waals surface area contributed by atoms with E-state index in [9.17, 15) is 9.18 Å². The molecule has 2 aromatic rings. The van der Waals surface area contributed by atoms with Crippen LogP contribution in [0.5, 0.6) is 11.5 Å². The van der Waals surface area contributed by atoms with Crippen LogP contribution in [0.15, 0.2) is 36.4 Å². The van der Waals surface area contributed by atoms with Crippen molar-refractivity contribution < 1.29 is 18.7 Å². The minimum absolute atomic E-state index is 0.0183. The van der Waals surface area contributed by atoms with Crippen LogP contribution >= 0.6 is 11.6 Å². The summed E-state index contributed by atoms with van der Waals surface area (Å²) in [6, 6.07) is 9.42. The molecule has 0 N–H and O–H groups in total. The summed E-state index contributed by atoms with van der Waals surface area (Å²) < 4.78 is 24.1. The third kappa shape index (κ3) is 3.52. The van der Waals surface area contributed by atoms with Gasteiger partial charge in [-0.25, -0.2) is 4.39 Å². The first-order valence-corrected chi connectivity index (χ1v) is 6.65. The van der Waals surface area contributed by atoms with Crippen molar-refractivity contribution in [2.24, 2.45) is 0 Å². The van der Waals surface area contributed by atoms with Crippen molar-refractivity contribution in [2.75, 3.05) is 7.11 Å². The fourth-order valence-electron chi connectivity index (χ4n) is 1.86. The first-order valence-electron chi connectivity index (χ1n) is 6.27. The van der Waals surface area contributed by atoms with Gasteiger partial charge >= 0.3 is 0 Å². The van der Waals surface area contributed by atoms with Crippen LogP contribution < -0.4 is 9.47 Å². The molecule has 0 bridgehead atoms. The number of rotatable bonds is 5. The molecule has 0 fully saturated rings. The van der Waals surface area contributed by atoms with Gasteiger partial charge in [-0.3, -0.25) is 4.79 Å². The first kappa shape index (κ1) is 15.3. The molecule has 0 atom stereocenters. The molecule has 0 heterocycles. The molecule has 0 radical (unpaired) electrons. The summed E-state index contributed by atoms with van der Waals surface area (Å²) in [4.78, 5) is 11.6. The van der Waals surface area contributed by atoms with E-state index in [1.165, 1.54) is 20.1 Å². The molecule has 0 aliphatic rings. The number of halogens is 2. The van der Waals surface area contributed by atoms with Gasteiger partial charge in [0.2, 0.25) is 0 Å². The topological polar surface area (TPSA) is 35.5 Å². The fourth-order valence-corrected chi connectivity index (χ4v) is 2.04. The number of hydrogen-bond acceptors (Lipinski definition) is 3. The van der Waals surface area contributed by atoms with Gasteiger partial charge < -0.3 is 9.47 Å². The Labute approximate surface area is 127 Å². The molecular weight excluding hydrogens is 295 g/mol. The highest BCUT2D eigenvalue weighted by Crippen LogP contribution is 2.27. The minimum atomic E-state index is -0.504. The second-order valence-corrected chi connectivity index (χ2v) is 4.80. The molecule has 0 aliphatic heterocycles. The van der Waals surface area contributed by atoms with Crippen LogP contribution in [0.3, 0.4) is 0 Å². The average molecular weight is 309 g/mol. The molecule has 0 saturated carbocycles. The van der Waals surface area contributed by atoms with E-state index in [-0.39, 0.29) is 17.4 Å². The van der Waals surface area contributed by atoms with Crippen LogP contribution in [-0.4, -0.2) is 12.9 Å². The van der Waals surface area contributed by atoms with E-state index in [1.54, 1.807) is 30.3 Å². The third-order valence-corrected chi connectivity index (χ3v) is 3.41. The van der Waals surface area contributed by atoms with E-state index in [4.69, 9.17) is 21.1 Å². The van der Waals surface area contributed by atoms with Gasteiger partial charge in [0.1, 0.15) is 23.9 Å². The Morgan fingerprint density at radius 3 is 2.71 bits per heavy atom. The summed E-state index contributed by atoms with van der Waals surface area (Å²) in [5, 5.41) is 0.0183. The highest BCUT2D eigenvalue weighted by Gasteiger charge is 2.12. The molecule has 0 amide bonds. The molecule has 2 rings (SSSR count). The normalized spacial score (nSPS) is 10.3. The lowest BCUT2D eigenvalue weighted by molar-refractivity contribution is 0.101. The quantitative estimate of drug-likeness (QED) is 0.774. The first-order chi connectivity index (χ1) is 10.0. The summed E-state index contributed by atoms with van der Waals surface area (Å²) in [5.41, 5.74) is 0.942. The lowest BCUT2D eigenvalue weighted by Gasteiger charge is -2.12. The second kappa shape index (κ2) is 6.59. The number of hydrogen-bond donors (Lipinski definition) is 0. The van der Waals surface area contributed by atoms with Crippen molar-refractivity contribution in [2.45, 2.75) is 13.5 Å². The molecule has 3 nitrogen and oxygen atoms in total. The van der Waals surface area contributed by atoms with Crippen LogP contribution in [0.1, 0.15) is 22.8 Å². The second-order valence-electron chi connectivity index (χ2n) is 4.42. The van der Waals surface area contributed by atoms with E-state index in [0.717, 1.165) is 0 Å². The number of ketones is 1. The lowest BCUT2D eigenvalue weighted by Crippen LogP contribution is -2.03. The van der Waals surface area contributed by atoms with E-state index >= 15 is 0 Å². The Kier molecular flexibility index (Phi) is 4.81. The molecule has 110 valence electrons. The minimum Gasteiger partial charge on any atom is -0.497 e. The molecular formula is C16H14ClFO3. The monoisotopic (exact) mass is 308 g/mol. The molecule has 0 saturated heterocycles. The summed E-state index contributed by atoms with van der Waals surface area (Å²) >= 11 is 5.87. The predicted molar refractivity (Wildman–Crippen MR) is 78.7 cm³/mol. The summed E-state index contributed by atoms with van der Waals surface area (Å²) in [7, 11) is 1.52. The third-order valence-electron chi connectivity index (χ3n) is 2.98. The number of methoxy groups -OCH3 is 1. The van der Waals surface area contributed by atoms with Crippen LogP contribution in [0.2, 0.25) is 5.02 Å². The van der Waals surface area contributed by atoms with Gasteiger partial charge in [0.05, 0.1) is 17.7 Å². The Bertz CT molecular complexity index is 671. The zero-order valence-electron chi connectivity index (χ0n) is 11.7. The van der Waals surface area contributed by atoms with Crippen LogP contribution in [0.4, 0.5) is 4.39 Å². The standard InChI is InChI=1S/C16H14ClFO3/c1-10(19)13-7-6-12(20-2)8-15(13)21-9-11-4-3-5-14(18)16(11)17/h3-8H,9H2,1-2H3. The Morgan fingerprint density at radius 2 is 2.05 bits per heavy atom. The number of Topliss-reactive ketones (excluding diaryl/α,β-unsaturated/α-hetero) is 1. The molecule has 21 heavy (non-hydrogen) atoms. The van der Waals surface area contributed by atoms with Gasteiger partial charge in [-0.2, -0.15) is 0 Å². The van der Waals surface area contributed by atoms with Crippen LogP contribution in [-0.2, 0) is 6.61 Å². The van der Waals surface area contributed by atoms with E-state index in [1.807, 2.05) is 0 Å². The summed E-state index contributed by atoms with van der Waals surface area (Å²) in [6.07, 6.45) is 0. The van der Waals surface area contributed by atoms with Crippen molar-refractivity contribution in [1.29, 1.82) is 0 Å². The van der Waals surface area contributed by atoms with Gasteiger partial charge in [0, 0.05) is 11.6 Å². The van der Waals surface area contributed by atoms with Crippen LogP contribution in [0.25, 0.3) is 0 Å². The van der Waals surface area contributed by atoms with Gasteiger partial charge in [0.25, 0.3) is 0 Å². The molecule has 0 aromatic heterocycles. The van der Waals surface area contributed by atoms with E-state index < -0.39 is 5.82 Å². The van der Waals surface area contributed by atoms with Crippen molar-refractivity contribution in [1.82, 2.24) is 0 Å². The number of carbonyl (C=O) groups is 1. The maximum Gasteiger partial charge on any atom is 0.163 e. The fraction of sp³-hybridized carbons (Fsp3) is 0.188. The van der Waals surface area contributed by atoms with Crippen molar-refractivity contribution >= 4 is 17.4 Å². The van der Waals surface area contributed by atoms with E-state index in [2.05, 4.69) is 0 Å². The molecule has 0 aliphatic carbocycles. The number of ether oxygens (including phenoxy) is 2. The van der Waals surface area contributed by atoms with Crippen LogP contribution in [0, 0.1) is 5.82 Å². The highest BCUT2D eigenvalue weighted by atomic mass is 35.5. The van der Waals surface area contributed by atoms with E-state index in [0.29, 0.717) is 22.6 Å². The zero-order chi connectivity index (χ0) is 15.4. The zero-order valence-corrected chi connectivity index (χ0v) is 12.4. The Balaban J connectivity index is 2.26. The van der Waals surface area contributed by atoms with Crippen molar-refractivity contribution in [3.05, 3.63) is 58.4 Å². The van der Waals surface area contributed by atoms with Gasteiger partial charge in [-0.05, 0) is 25.1 Å². The smallest absolute Gasteiger partial charge is 0.163 e. The lowest BCUT2D eigenvalue weighted by atomic mass is 10.1. The van der Waals surface area contributed by atoms with Gasteiger partial charge in [-0.1, -0.05) is 23.7 Å². The van der Waals surface area contributed by atoms with Crippen molar-refractivity contribution in [3.63, 3.8) is 0 Å². The summed E-state index contributed by atoms with van der Waals surface area (Å²) in [5.74, 6) is 0.315. The summed E-state index contributed by atoms with van der Waals surface area (Å²) in [6.45, 7) is 1.51. The molecule has 2 aromatic carbocycles. The number of carbonyl (C=O) groups excluding carboxylic acids is 1. The van der Waals surface area contributed by atoms with Gasteiger partial charge in [0.15, 0.2) is 5.78 Å². The Hall–Kier alpha value is -2.07. The largest absolute Gasteiger partial charge is 0.497 e. The average Bonchev–Trinajstić information content (AvgIpc) is 2.48. The van der Waals surface area contributed by atoms with Gasteiger partial charge in [-0.15, -0.1) is 0 Å². The highest BCUT2D eigenvalue weighted by molar-refractivity contribution is 6.31. The Morgan fingerprint density at radius 1 is 1.29 bits per heavy atom. The SMILES string of the molecule is COc1ccc(C(C)=O)c(OCc2cccc(F)c2Cl)c1. The predicted octanol–water partition coefficient (Wildman–Crippen LogP) is 4.27. The maximum absolute atomic E-state index is 13.4. The van der Waals surface area contributed by atoms with Crippen molar-refractivity contribution in [3.8, 4) is 11.5 Å².